The Morgan fingerprint density at radius 2 is 1.76 bits per heavy atom. The third-order valence-electron chi connectivity index (χ3n) is 5.94. The van der Waals surface area contributed by atoms with Crippen molar-refractivity contribution < 1.29 is 61.4 Å². The molecule has 3 heterocycles. The summed E-state index contributed by atoms with van der Waals surface area (Å²) in [5.41, 5.74) is 6.49. The van der Waals surface area contributed by atoms with E-state index in [9.17, 15) is 33.7 Å². The molecule has 3 rings (SSSR count). The molecule has 1 aliphatic rings. The lowest BCUT2D eigenvalue weighted by Gasteiger charge is -2.33. The number of aromatic nitrogens is 4. The largest absolute Gasteiger partial charge is 0.490 e. The Balaban J connectivity index is 1.90. The van der Waals surface area contributed by atoms with Crippen molar-refractivity contribution in [1.29, 1.82) is 0 Å². The van der Waals surface area contributed by atoms with Gasteiger partial charge < -0.3 is 40.3 Å². The van der Waals surface area contributed by atoms with Gasteiger partial charge in [-0.2, -0.15) is 8.62 Å². The predicted molar refractivity (Wildman–Crippen MR) is 141 cm³/mol. The fraction of sp³-hybridized carbons (Fsp3) is 0.550. The number of anilines is 1. The summed E-state index contributed by atoms with van der Waals surface area (Å²) in [5.74, 6) is 0.0367. The number of rotatable bonds is 13. The van der Waals surface area contributed by atoms with Gasteiger partial charge in [0.15, 0.2) is 17.2 Å². The molecule has 0 amide bonds. The lowest BCUT2D eigenvalue weighted by Crippen LogP contribution is -2.45. The molecule has 230 valence electrons. The molecule has 1 aliphatic heterocycles. The first-order valence-corrected chi connectivity index (χ1v) is 16.4. The first-order valence-electron chi connectivity index (χ1n) is 11.9. The molecule has 0 spiro atoms. The number of nitrogens with two attached hydrogens (primary N) is 1. The highest BCUT2D eigenvalue weighted by atomic mass is 31.3. The minimum absolute atomic E-state index is 0.0367. The highest BCUT2D eigenvalue weighted by molar-refractivity contribution is 7.66. The van der Waals surface area contributed by atoms with E-state index in [1.807, 2.05) is 20.8 Å². The molecular formula is C20H32N5O13P3. The van der Waals surface area contributed by atoms with Crippen LogP contribution in [-0.4, -0.2) is 74.2 Å². The second kappa shape index (κ2) is 12.8. The zero-order chi connectivity index (χ0) is 30.8. The lowest BCUT2D eigenvalue weighted by atomic mass is 9.97. The number of hydrogen-bond donors (Lipinski definition) is 7. The van der Waals surface area contributed by atoms with E-state index >= 15 is 0 Å². The topological polar surface area (TPSA) is 279 Å². The van der Waals surface area contributed by atoms with Crippen molar-refractivity contribution in [3.8, 4) is 0 Å². The van der Waals surface area contributed by atoms with E-state index in [-0.39, 0.29) is 23.4 Å². The number of ether oxygens (including phenoxy) is 1. The quantitative estimate of drug-likeness (QED) is 0.120. The van der Waals surface area contributed by atoms with Crippen LogP contribution in [0.2, 0.25) is 0 Å². The molecule has 0 aromatic carbocycles. The molecule has 21 heteroatoms. The normalized spacial score (nSPS) is 26.6. The van der Waals surface area contributed by atoms with E-state index in [1.54, 1.807) is 6.08 Å². The highest BCUT2D eigenvalue weighted by Crippen LogP contribution is 2.66. The third kappa shape index (κ3) is 8.58. The van der Waals surface area contributed by atoms with E-state index in [0.29, 0.717) is 6.42 Å². The van der Waals surface area contributed by atoms with Crippen LogP contribution in [0.5, 0.6) is 0 Å². The fourth-order valence-electron chi connectivity index (χ4n) is 4.08. The Labute approximate surface area is 233 Å². The molecular weight excluding hydrogens is 611 g/mol. The van der Waals surface area contributed by atoms with Crippen molar-refractivity contribution >= 4 is 40.4 Å². The van der Waals surface area contributed by atoms with Gasteiger partial charge in [0.2, 0.25) is 0 Å². The Morgan fingerprint density at radius 3 is 2.39 bits per heavy atom. The number of phosphoric ester groups is 1. The summed E-state index contributed by atoms with van der Waals surface area (Å²) in [5, 5.41) is 22.1. The average Bonchev–Trinajstić information content (AvgIpc) is 3.35. The molecule has 0 radical (unpaired) electrons. The first kappa shape index (κ1) is 33.6. The van der Waals surface area contributed by atoms with Crippen LogP contribution in [0.25, 0.3) is 11.2 Å². The molecule has 1 saturated heterocycles. The summed E-state index contributed by atoms with van der Waals surface area (Å²) >= 11 is 0. The van der Waals surface area contributed by atoms with Gasteiger partial charge in [0.05, 0.1) is 12.9 Å². The summed E-state index contributed by atoms with van der Waals surface area (Å²) in [6, 6.07) is 0. The second-order valence-corrected chi connectivity index (χ2v) is 13.9. The Hall–Kier alpha value is -1.88. The van der Waals surface area contributed by atoms with Crippen LogP contribution < -0.4 is 5.73 Å². The summed E-state index contributed by atoms with van der Waals surface area (Å²) in [4.78, 5) is 48.7. The number of aliphatic hydroxyl groups excluding tert-OH is 2. The van der Waals surface area contributed by atoms with Gasteiger partial charge in [0, 0.05) is 6.42 Å². The third-order valence-corrected chi connectivity index (χ3v) is 9.75. The van der Waals surface area contributed by atoms with Crippen molar-refractivity contribution in [3.05, 3.63) is 36.0 Å². The maximum atomic E-state index is 12.2. The van der Waals surface area contributed by atoms with Crippen molar-refractivity contribution in [3.63, 3.8) is 0 Å². The van der Waals surface area contributed by atoms with Crippen LogP contribution in [-0.2, 0) is 37.3 Å². The van der Waals surface area contributed by atoms with Gasteiger partial charge in [-0.1, -0.05) is 23.3 Å². The summed E-state index contributed by atoms with van der Waals surface area (Å²) in [7, 11) is -16.9. The zero-order valence-electron chi connectivity index (χ0n) is 22.1. The number of nitrogens with zero attached hydrogens (tertiary/aromatic N) is 4. The maximum Gasteiger partial charge on any atom is 0.490 e. The van der Waals surface area contributed by atoms with Crippen LogP contribution in [0.15, 0.2) is 36.0 Å². The molecule has 1 fully saturated rings. The molecule has 2 aromatic heterocycles. The minimum Gasteiger partial charge on any atom is -0.387 e. The van der Waals surface area contributed by atoms with Gasteiger partial charge in [0.1, 0.15) is 30.2 Å². The number of allylic oxidation sites excluding steroid dienone is 3. The van der Waals surface area contributed by atoms with Crippen LogP contribution in [0.3, 0.4) is 0 Å². The fourth-order valence-corrected chi connectivity index (χ4v) is 7.11. The highest BCUT2D eigenvalue weighted by Gasteiger charge is 2.56. The van der Waals surface area contributed by atoms with Gasteiger partial charge in [0.25, 0.3) is 0 Å². The van der Waals surface area contributed by atoms with Crippen molar-refractivity contribution in [2.75, 3.05) is 12.3 Å². The van der Waals surface area contributed by atoms with Crippen LogP contribution in [0.4, 0.5) is 5.82 Å². The number of phosphoric acid groups is 3. The van der Waals surface area contributed by atoms with Crippen molar-refractivity contribution in [1.82, 2.24) is 19.5 Å². The summed E-state index contributed by atoms with van der Waals surface area (Å²) < 4.78 is 54.0. The SMILES string of the molecule is CC(C)=CCC/C(C)=C/C[C@@]1(n2cnc3c(N)ncnc32)O[C@H](COP(=O)(O)OP(=O)(O)OP(=O)(O)O)[C@@H](O)[C@H]1O. The van der Waals surface area contributed by atoms with Crippen molar-refractivity contribution in [2.24, 2.45) is 0 Å². The van der Waals surface area contributed by atoms with E-state index in [2.05, 4.69) is 34.2 Å². The van der Waals surface area contributed by atoms with E-state index < -0.39 is 54.1 Å². The van der Waals surface area contributed by atoms with Gasteiger partial charge in [-0.15, -0.1) is 0 Å². The Bertz CT molecular complexity index is 1460. The molecule has 41 heavy (non-hydrogen) atoms. The van der Waals surface area contributed by atoms with Gasteiger partial charge >= 0.3 is 23.5 Å². The van der Waals surface area contributed by atoms with Gasteiger partial charge in [-0.3, -0.25) is 9.09 Å². The minimum atomic E-state index is -5.76. The van der Waals surface area contributed by atoms with Crippen LogP contribution in [0, 0.1) is 0 Å². The van der Waals surface area contributed by atoms with Crippen LogP contribution in [0.1, 0.15) is 40.0 Å². The van der Waals surface area contributed by atoms with Crippen molar-refractivity contribution in [2.45, 2.75) is 64.1 Å². The molecule has 0 bridgehead atoms. The van der Waals surface area contributed by atoms with E-state index in [1.165, 1.54) is 10.9 Å². The molecule has 18 nitrogen and oxygen atoms in total. The maximum absolute atomic E-state index is 12.2. The number of imidazole rings is 1. The molecule has 6 atom stereocenters. The van der Waals surface area contributed by atoms with Crippen LogP contribution >= 0.6 is 23.5 Å². The molecule has 0 saturated carbocycles. The second-order valence-electron chi connectivity index (χ2n) is 9.44. The number of nitrogen functional groups attached to an aromatic ring is 1. The molecule has 8 N–H and O–H groups in total. The zero-order valence-corrected chi connectivity index (χ0v) is 24.8. The molecule has 2 unspecified atom stereocenters. The van der Waals surface area contributed by atoms with Gasteiger partial charge in [-0.25, -0.2) is 28.6 Å². The summed E-state index contributed by atoms with van der Waals surface area (Å²) in [6.45, 7) is 4.82. The Morgan fingerprint density at radius 1 is 1.07 bits per heavy atom. The lowest BCUT2D eigenvalue weighted by molar-refractivity contribution is -0.142. The molecule has 0 aliphatic carbocycles. The average molecular weight is 643 g/mol. The Kier molecular flexibility index (Phi) is 10.5. The number of fused-ring (bicyclic) bond motifs is 1. The molecule has 2 aromatic rings. The predicted octanol–water partition coefficient (Wildman–Crippen LogP) is 1.61. The van der Waals surface area contributed by atoms with E-state index in [0.717, 1.165) is 23.9 Å². The number of hydrogen-bond acceptors (Lipinski definition) is 13. The number of aliphatic hydroxyl groups is 2. The van der Waals surface area contributed by atoms with Gasteiger partial charge in [-0.05, 0) is 33.6 Å². The first-order chi connectivity index (χ1) is 18.9. The van der Waals surface area contributed by atoms with E-state index in [4.69, 9.17) is 20.3 Å². The smallest absolute Gasteiger partial charge is 0.387 e. The standard InChI is InChI=1S/C20H32N5O13P3/c1-12(2)5-4-6-13(3)7-8-20(25-11-24-15-18(21)22-10-23-19(15)25)17(27)16(26)14(36-20)9-35-40(31,32)38-41(33,34)37-39(28,29)30/h5,7,10-11,14,16-17,26-27H,4,6,8-9H2,1-3H3,(H,31,32)(H,33,34)(H2,21,22,23)(H2,28,29,30)/b13-7+/t14-,16-,17-,20-/m1/s1. The monoisotopic (exact) mass is 643 g/mol. The summed E-state index contributed by atoms with van der Waals surface area (Å²) in [6.07, 6.45) is 2.65.